The summed E-state index contributed by atoms with van der Waals surface area (Å²) in [5.41, 5.74) is 1.86. The van der Waals surface area contributed by atoms with E-state index in [-0.39, 0.29) is 5.82 Å². The van der Waals surface area contributed by atoms with Crippen molar-refractivity contribution < 1.29 is 4.39 Å². The van der Waals surface area contributed by atoms with Gasteiger partial charge in [0.2, 0.25) is 0 Å². The van der Waals surface area contributed by atoms with Crippen LogP contribution in [0.1, 0.15) is 0 Å². The maximum atomic E-state index is 13.6. The largest absolute Gasteiger partial charge is 0.338 e. The summed E-state index contributed by atoms with van der Waals surface area (Å²) >= 11 is 9.31. The fraction of sp³-hybridized carbons (Fsp3) is 0. The zero-order chi connectivity index (χ0) is 12.7. The number of nitrogens with zero attached hydrogens (tertiary/aromatic N) is 1. The number of aromatic amines is 1. The van der Waals surface area contributed by atoms with Crippen molar-refractivity contribution in [3.63, 3.8) is 0 Å². The van der Waals surface area contributed by atoms with Crippen LogP contribution < -0.4 is 0 Å². The summed E-state index contributed by atoms with van der Waals surface area (Å²) in [5, 5.41) is 0.632. The van der Waals surface area contributed by atoms with Gasteiger partial charge >= 0.3 is 0 Å². The monoisotopic (exact) mass is 324 g/mol. The smallest absolute Gasteiger partial charge is 0.151 e. The summed E-state index contributed by atoms with van der Waals surface area (Å²) in [7, 11) is 0. The Bertz CT molecular complexity index is 739. The molecule has 0 radical (unpaired) electrons. The second kappa shape index (κ2) is 4.37. The molecule has 3 aromatic rings. The van der Waals surface area contributed by atoms with Gasteiger partial charge in [0.15, 0.2) is 5.82 Å². The minimum atomic E-state index is -0.333. The van der Waals surface area contributed by atoms with E-state index in [0.717, 1.165) is 10.0 Å². The van der Waals surface area contributed by atoms with Gasteiger partial charge in [-0.05, 0) is 46.3 Å². The first-order chi connectivity index (χ1) is 8.65. The van der Waals surface area contributed by atoms with E-state index in [0.29, 0.717) is 21.9 Å². The van der Waals surface area contributed by atoms with E-state index >= 15 is 0 Å². The van der Waals surface area contributed by atoms with Crippen molar-refractivity contribution in [2.75, 3.05) is 0 Å². The fourth-order valence-electron chi connectivity index (χ4n) is 1.81. The lowest BCUT2D eigenvalue weighted by Gasteiger charge is -2.00. The third kappa shape index (κ3) is 1.91. The van der Waals surface area contributed by atoms with E-state index < -0.39 is 0 Å². The Hall–Kier alpha value is -1.39. The molecule has 0 atom stereocenters. The van der Waals surface area contributed by atoms with Crippen LogP contribution in [-0.2, 0) is 0 Å². The maximum absolute atomic E-state index is 13.6. The number of fused-ring (bicyclic) bond motifs is 1. The van der Waals surface area contributed by atoms with Crippen LogP contribution in [0.15, 0.2) is 40.9 Å². The van der Waals surface area contributed by atoms with E-state index in [9.17, 15) is 4.39 Å². The number of hydrogen-bond donors (Lipinski definition) is 1. The topological polar surface area (TPSA) is 28.7 Å². The zero-order valence-corrected chi connectivity index (χ0v) is 11.4. The molecule has 1 aromatic heterocycles. The standard InChI is InChI=1S/C13H7BrClFN2/c14-9-6-7(15)4-5-8(9)13-17-11-3-1-2-10(16)12(11)18-13/h1-6H,(H,17,18). The zero-order valence-electron chi connectivity index (χ0n) is 9.05. The Morgan fingerprint density at radius 2 is 2.06 bits per heavy atom. The van der Waals surface area contributed by atoms with Crippen molar-refractivity contribution in [3.05, 3.63) is 51.7 Å². The third-order valence-corrected chi connectivity index (χ3v) is 3.54. The minimum Gasteiger partial charge on any atom is -0.338 e. The van der Waals surface area contributed by atoms with Gasteiger partial charge in [0.25, 0.3) is 0 Å². The van der Waals surface area contributed by atoms with Crippen LogP contribution >= 0.6 is 27.5 Å². The van der Waals surface area contributed by atoms with Crippen LogP contribution in [0, 0.1) is 5.82 Å². The summed E-state index contributed by atoms with van der Waals surface area (Å²) < 4.78 is 14.4. The van der Waals surface area contributed by atoms with Gasteiger partial charge in [-0.25, -0.2) is 9.37 Å². The molecule has 2 nitrogen and oxygen atoms in total. The van der Waals surface area contributed by atoms with E-state index in [1.54, 1.807) is 24.3 Å². The highest BCUT2D eigenvalue weighted by atomic mass is 79.9. The Balaban J connectivity index is 2.23. The number of imidazole rings is 1. The number of aromatic nitrogens is 2. The van der Waals surface area contributed by atoms with Crippen molar-refractivity contribution in [2.24, 2.45) is 0 Å². The SMILES string of the molecule is Fc1cccc2[nH]c(-c3ccc(Cl)cc3Br)nc12. The average molecular weight is 326 g/mol. The highest BCUT2D eigenvalue weighted by Gasteiger charge is 2.11. The predicted octanol–water partition coefficient (Wildman–Crippen LogP) is 4.78. The second-order valence-corrected chi connectivity index (χ2v) is 5.14. The molecular weight excluding hydrogens is 319 g/mol. The number of halogens is 3. The van der Waals surface area contributed by atoms with Crippen LogP contribution in [0.25, 0.3) is 22.4 Å². The quantitative estimate of drug-likeness (QED) is 0.685. The van der Waals surface area contributed by atoms with Crippen LogP contribution in [0.5, 0.6) is 0 Å². The first-order valence-corrected chi connectivity index (χ1v) is 6.42. The molecule has 0 saturated heterocycles. The number of para-hydroxylation sites is 1. The maximum Gasteiger partial charge on any atom is 0.151 e. The van der Waals surface area contributed by atoms with Crippen LogP contribution in [0.2, 0.25) is 5.02 Å². The van der Waals surface area contributed by atoms with Gasteiger partial charge in [0.1, 0.15) is 11.3 Å². The van der Waals surface area contributed by atoms with Gasteiger partial charge < -0.3 is 4.98 Å². The lowest BCUT2D eigenvalue weighted by Crippen LogP contribution is -1.82. The van der Waals surface area contributed by atoms with Crippen molar-refractivity contribution in [1.29, 1.82) is 0 Å². The average Bonchev–Trinajstić information content (AvgIpc) is 2.74. The molecule has 2 aromatic carbocycles. The van der Waals surface area contributed by atoms with Gasteiger partial charge in [-0.3, -0.25) is 0 Å². The molecule has 0 unspecified atom stereocenters. The molecule has 0 fully saturated rings. The van der Waals surface area contributed by atoms with Crippen molar-refractivity contribution in [2.45, 2.75) is 0 Å². The van der Waals surface area contributed by atoms with Gasteiger partial charge in [0, 0.05) is 15.1 Å². The van der Waals surface area contributed by atoms with E-state index in [4.69, 9.17) is 11.6 Å². The number of benzene rings is 2. The van der Waals surface area contributed by atoms with Crippen molar-refractivity contribution in [1.82, 2.24) is 9.97 Å². The Kier molecular flexibility index (Phi) is 2.84. The van der Waals surface area contributed by atoms with Gasteiger partial charge in [0.05, 0.1) is 5.52 Å². The first-order valence-electron chi connectivity index (χ1n) is 5.25. The van der Waals surface area contributed by atoms with E-state index in [1.165, 1.54) is 6.07 Å². The first kappa shape index (κ1) is 11.7. The highest BCUT2D eigenvalue weighted by Crippen LogP contribution is 2.30. The molecule has 0 bridgehead atoms. The minimum absolute atomic E-state index is 0.333. The van der Waals surface area contributed by atoms with Crippen LogP contribution in [0.3, 0.4) is 0 Å². The third-order valence-electron chi connectivity index (χ3n) is 2.65. The molecule has 90 valence electrons. The lowest BCUT2D eigenvalue weighted by molar-refractivity contribution is 0.637. The summed E-state index contributed by atoms with van der Waals surface area (Å²) in [6, 6.07) is 10.2. The number of rotatable bonds is 1. The molecule has 3 rings (SSSR count). The molecule has 1 N–H and O–H groups in total. The number of nitrogens with one attached hydrogen (secondary N) is 1. The lowest BCUT2D eigenvalue weighted by atomic mass is 10.2. The molecule has 0 aliphatic rings. The Morgan fingerprint density at radius 3 is 2.78 bits per heavy atom. The molecule has 0 saturated carbocycles. The molecule has 0 amide bonds. The molecular formula is C13H7BrClFN2. The summed E-state index contributed by atoms with van der Waals surface area (Å²) in [4.78, 5) is 7.36. The van der Waals surface area contributed by atoms with Crippen LogP contribution in [-0.4, -0.2) is 9.97 Å². The van der Waals surface area contributed by atoms with Crippen molar-refractivity contribution in [3.8, 4) is 11.4 Å². The Morgan fingerprint density at radius 1 is 1.22 bits per heavy atom. The normalized spacial score (nSPS) is 11.1. The molecule has 0 spiro atoms. The van der Waals surface area contributed by atoms with Gasteiger partial charge in [-0.2, -0.15) is 0 Å². The molecule has 5 heteroatoms. The van der Waals surface area contributed by atoms with Crippen LogP contribution in [0.4, 0.5) is 4.39 Å². The summed E-state index contributed by atoms with van der Waals surface area (Å²) in [6.45, 7) is 0. The predicted molar refractivity (Wildman–Crippen MR) is 74.2 cm³/mol. The van der Waals surface area contributed by atoms with Crippen molar-refractivity contribution >= 4 is 38.6 Å². The van der Waals surface area contributed by atoms with Gasteiger partial charge in [-0.1, -0.05) is 17.7 Å². The summed E-state index contributed by atoms with van der Waals surface area (Å²) in [6.07, 6.45) is 0. The van der Waals surface area contributed by atoms with E-state index in [2.05, 4.69) is 25.9 Å². The molecule has 0 aliphatic carbocycles. The van der Waals surface area contributed by atoms with Gasteiger partial charge in [-0.15, -0.1) is 0 Å². The fourth-order valence-corrected chi connectivity index (χ4v) is 2.68. The van der Waals surface area contributed by atoms with E-state index in [1.807, 2.05) is 6.07 Å². The Labute approximate surface area is 116 Å². The number of H-pyrrole nitrogens is 1. The molecule has 0 aliphatic heterocycles. The number of hydrogen-bond acceptors (Lipinski definition) is 1. The molecule has 18 heavy (non-hydrogen) atoms. The molecule has 1 heterocycles. The highest BCUT2D eigenvalue weighted by molar-refractivity contribution is 9.10. The summed E-state index contributed by atoms with van der Waals surface area (Å²) in [5.74, 6) is 0.277. The second-order valence-electron chi connectivity index (χ2n) is 3.85.